The van der Waals surface area contributed by atoms with Gasteiger partial charge in [0.25, 0.3) is 0 Å². The Morgan fingerprint density at radius 3 is 2.42 bits per heavy atom. The summed E-state index contributed by atoms with van der Waals surface area (Å²) in [6.07, 6.45) is 7.78. The Morgan fingerprint density at radius 2 is 1.79 bits per heavy atom. The fourth-order valence-electron chi connectivity index (χ4n) is 2.22. The Balaban J connectivity index is 2.55. The highest BCUT2D eigenvalue weighted by molar-refractivity contribution is 5.66. The smallest absolute Gasteiger partial charge is 0.303 e. The van der Waals surface area contributed by atoms with Gasteiger partial charge in [0, 0.05) is 13.8 Å². The van der Waals surface area contributed by atoms with Gasteiger partial charge in [-0.15, -0.1) is 0 Å². The number of hydrogen-bond acceptors (Lipinski definition) is 4. The second kappa shape index (κ2) is 11.2. The first-order valence-corrected chi connectivity index (χ1v) is 8.17. The molecule has 0 fully saturated rings. The fraction of sp³-hybridized carbons (Fsp3) is 0.400. The number of rotatable bonds is 9. The summed E-state index contributed by atoms with van der Waals surface area (Å²) in [7, 11) is 0. The second-order valence-electron chi connectivity index (χ2n) is 5.59. The first-order valence-electron chi connectivity index (χ1n) is 8.17. The van der Waals surface area contributed by atoms with Crippen molar-refractivity contribution in [3.8, 4) is 0 Å². The lowest BCUT2D eigenvalue weighted by Gasteiger charge is -2.17. The SMILES string of the molecule is CC(=O)OCC/C=C/C=C(\C)[C@@H](CCc1ccccc1)OC(C)=O. The van der Waals surface area contributed by atoms with Crippen LogP contribution in [-0.2, 0) is 25.5 Å². The van der Waals surface area contributed by atoms with Gasteiger partial charge in [-0.3, -0.25) is 9.59 Å². The minimum absolute atomic E-state index is 0.235. The molecule has 4 nitrogen and oxygen atoms in total. The second-order valence-corrected chi connectivity index (χ2v) is 5.59. The van der Waals surface area contributed by atoms with Crippen LogP contribution < -0.4 is 0 Å². The molecule has 1 aromatic carbocycles. The molecule has 0 aliphatic carbocycles. The van der Waals surface area contributed by atoms with Gasteiger partial charge in [-0.05, 0) is 37.3 Å². The van der Waals surface area contributed by atoms with Crippen molar-refractivity contribution in [1.29, 1.82) is 0 Å². The predicted octanol–water partition coefficient (Wildman–Crippen LogP) is 4.01. The van der Waals surface area contributed by atoms with Crippen LogP contribution in [0.4, 0.5) is 0 Å². The van der Waals surface area contributed by atoms with Crippen molar-refractivity contribution < 1.29 is 19.1 Å². The molecule has 0 amide bonds. The molecule has 4 heteroatoms. The van der Waals surface area contributed by atoms with Crippen molar-refractivity contribution in [2.45, 2.75) is 46.1 Å². The summed E-state index contributed by atoms with van der Waals surface area (Å²) in [4.78, 5) is 22.0. The number of ether oxygens (including phenoxy) is 2. The van der Waals surface area contributed by atoms with E-state index in [0.717, 1.165) is 18.4 Å². The zero-order valence-electron chi connectivity index (χ0n) is 14.7. The summed E-state index contributed by atoms with van der Waals surface area (Å²) < 4.78 is 10.3. The number of benzene rings is 1. The van der Waals surface area contributed by atoms with Crippen LogP contribution in [-0.4, -0.2) is 24.6 Å². The van der Waals surface area contributed by atoms with Gasteiger partial charge in [-0.2, -0.15) is 0 Å². The number of esters is 2. The molecule has 0 aliphatic rings. The molecule has 0 spiro atoms. The van der Waals surface area contributed by atoms with Gasteiger partial charge in [-0.25, -0.2) is 0 Å². The largest absolute Gasteiger partial charge is 0.466 e. The lowest BCUT2D eigenvalue weighted by atomic mass is 10.0. The van der Waals surface area contributed by atoms with Crippen LogP contribution in [0.15, 0.2) is 54.1 Å². The molecule has 24 heavy (non-hydrogen) atoms. The molecule has 0 aromatic heterocycles. The Labute approximate surface area is 144 Å². The highest BCUT2D eigenvalue weighted by Crippen LogP contribution is 2.15. The monoisotopic (exact) mass is 330 g/mol. The van der Waals surface area contributed by atoms with Gasteiger partial charge in [0.15, 0.2) is 0 Å². The molecule has 1 rings (SSSR count). The van der Waals surface area contributed by atoms with Gasteiger partial charge in [0.05, 0.1) is 6.61 Å². The maximum Gasteiger partial charge on any atom is 0.303 e. The summed E-state index contributed by atoms with van der Waals surface area (Å²) in [5.74, 6) is -0.550. The van der Waals surface area contributed by atoms with Gasteiger partial charge < -0.3 is 9.47 Å². The third-order valence-electron chi connectivity index (χ3n) is 3.44. The van der Waals surface area contributed by atoms with Crippen LogP contribution in [0, 0.1) is 0 Å². The number of carbonyl (C=O) groups is 2. The molecule has 130 valence electrons. The predicted molar refractivity (Wildman–Crippen MR) is 94.5 cm³/mol. The number of carbonyl (C=O) groups excluding carboxylic acids is 2. The molecule has 0 radical (unpaired) electrons. The lowest BCUT2D eigenvalue weighted by molar-refractivity contribution is -0.145. The number of aryl methyl sites for hydroxylation is 1. The Morgan fingerprint density at radius 1 is 1.08 bits per heavy atom. The molecule has 0 aliphatic heterocycles. The van der Waals surface area contributed by atoms with E-state index in [4.69, 9.17) is 9.47 Å². The number of hydrogen-bond donors (Lipinski definition) is 0. The fourth-order valence-corrected chi connectivity index (χ4v) is 2.22. The first kappa shape index (κ1) is 19.7. The molecule has 1 aromatic rings. The zero-order chi connectivity index (χ0) is 17.8. The standard InChI is InChI=1S/C20H26O4/c1-16(10-6-5-9-15-23-17(2)21)20(24-18(3)22)14-13-19-11-7-4-8-12-19/h4-8,10-12,20H,9,13-15H2,1-3H3/b6-5+,16-10+/t20-/m1/s1. The van der Waals surface area contributed by atoms with E-state index in [-0.39, 0.29) is 18.0 Å². The van der Waals surface area contributed by atoms with Crippen LogP contribution >= 0.6 is 0 Å². The zero-order valence-corrected chi connectivity index (χ0v) is 14.7. The van der Waals surface area contributed by atoms with Gasteiger partial charge in [-0.1, -0.05) is 48.6 Å². The Bertz CT molecular complexity index is 573. The van der Waals surface area contributed by atoms with Crippen molar-refractivity contribution in [3.05, 3.63) is 59.7 Å². The molecule has 0 bridgehead atoms. The van der Waals surface area contributed by atoms with Crippen LogP contribution in [0.3, 0.4) is 0 Å². The molecule has 0 unspecified atom stereocenters. The molecular formula is C20H26O4. The maximum absolute atomic E-state index is 11.3. The van der Waals surface area contributed by atoms with E-state index < -0.39 is 0 Å². The maximum atomic E-state index is 11.3. The van der Waals surface area contributed by atoms with Crippen molar-refractivity contribution >= 4 is 11.9 Å². The molecule has 0 N–H and O–H groups in total. The van der Waals surface area contributed by atoms with E-state index >= 15 is 0 Å². The summed E-state index contributed by atoms with van der Waals surface area (Å²) in [5.41, 5.74) is 2.21. The summed E-state index contributed by atoms with van der Waals surface area (Å²) in [5, 5.41) is 0. The summed E-state index contributed by atoms with van der Waals surface area (Å²) in [6.45, 7) is 5.15. The van der Waals surface area contributed by atoms with E-state index in [9.17, 15) is 9.59 Å². The average Bonchev–Trinajstić information content (AvgIpc) is 2.54. The van der Waals surface area contributed by atoms with Crippen LogP contribution in [0.2, 0.25) is 0 Å². The van der Waals surface area contributed by atoms with E-state index in [0.29, 0.717) is 13.0 Å². The van der Waals surface area contributed by atoms with Crippen molar-refractivity contribution in [3.63, 3.8) is 0 Å². The molecule has 0 saturated heterocycles. The third-order valence-corrected chi connectivity index (χ3v) is 3.44. The van der Waals surface area contributed by atoms with Crippen molar-refractivity contribution in [2.75, 3.05) is 6.61 Å². The van der Waals surface area contributed by atoms with Gasteiger partial charge in [0.2, 0.25) is 0 Å². The number of allylic oxidation sites excluding steroid dienone is 2. The van der Waals surface area contributed by atoms with Crippen LogP contribution in [0.25, 0.3) is 0 Å². The van der Waals surface area contributed by atoms with E-state index in [2.05, 4.69) is 12.1 Å². The topological polar surface area (TPSA) is 52.6 Å². The Kier molecular flexibility index (Phi) is 9.20. The summed E-state index contributed by atoms with van der Waals surface area (Å²) >= 11 is 0. The minimum atomic E-state index is -0.278. The first-order chi connectivity index (χ1) is 11.5. The lowest BCUT2D eigenvalue weighted by Crippen LogP contribution is -2.18. The average molecular weight is 330 g/mol. The van der Waals surface area contributed by atoms with E-state index in [1.807, 2.05) is 43.4 Å². The third kappa shape index (κ3) is 8.93. The Hall–Kier alpha value is -2.36. The molecule has 0 saturated carbocycles. The highest BCUT2D eigenvalue weighted by Gasteiger charge is 2.13. The van der Waals surface area contributed by atoms with Gasteiger partial charge in [0.1, 0.15) is 6.10 Å². The van der Waals surface area contributed by atoms with Crippen LogP contribution in [0.1, 0.15) is 39.2 Å². The summed E-state index contributed by atoms with van der Waals surface area (Å²) in [6, 6.07) is 10.1. The quantitative estimate of drug-likeness (QED) is 0.390. The van der Waals surface area contributed by atoms with Crippen molar-refractivity contribution in [1.82, 2.24) is 0 Å². The molecular weight excluding hydrogens is 304 g/mol. The van der Waals surface area contributed by atoms with E-state index in [1.54, 1.807) is 0 Å². The molecule has 0 heterocycles. The minimum Gasteiger partial charge on any atom is -0.466 e. The normalized spacial score (nSPS) is 12.9. The molecule has 1 atom stereocenters. The highest BCUT2D eigenvalue weighted by atomic mass is 16.5. The van der Waals surface area contributed by atoms with E-state index in [1.165, 1.54) is 19.4 Å². The van der Waals surface area contributed by atoms with Gasteiger partial charge >= 0.3 is 11.9 Å². The van der Waals surface area contributed by atoms with Crippen LogP contribution in [0.5, 0.6) is 0 Å². The van der Waals surface area contributed by atoms with Crippen molar-refractivity contribution in [2.24, 2.45) is 0 Å².